The molecule has 0 saturated carbocycles. The molecule has 0 spiro atoms. The van der Waals surface area contributed by atoms with Crippen molar-refractivity contribution in [3.8, 4) is 11.4 Å². The lowest BCUT2D eigenvalue weighted by molar-refractivity contribution is 0.414. The molecule has 3 heterocycles. The Balaban J connectivity index is 1.89. The summed E-state index contributed by atoms with van der Waals surface area (Å²) >= 11 is 1.62. The van der Waals surface area contributed by atoms with Gasteiger partial charge in [-0.2, -0.15) is 4.98 Å². The van der Waals surface area contributed by atoms with E-state index in [9.17, 15) is 4.79 Å². The summed E-state index contributed by atoms with van der Waals surface area (Å²) < 4.78 is 6.80. The summed E-state index contributed by atoms with van der Waals surface area (Å²) in [6.45, 7) is 2.76. The van der Waals surface area contributed by atoms with Crippen molar-refractivity contribution in [1.82, 2.24) is 19.5 Å². The first-order valence-electron chi connectivity index (χ1n) is 8.14. The van der Waals surface area contributed by atoms with Crippen molar-refractivity contribution in [2.45, 2.75) is 6.92 Å². The maximum Gasteiger partial charge on any atom is 0.332 e. The molecule has 0 radical (unpaired) electrons. The summed E-state index contributed by atoms with van der Waals surface area (Å²) in [4.78, 5) is 26.4. The number of aromatic nitrogens is 4. The molecule has 0 bridgehead atoms. The number of methoxy groups -OCH3 is 1. The van der Waals surface area contributed by atoms with E-state index in [1.54, 1.807) is 30.7 Å². The minimum absolute atomic E-state index is 0.265. The van der Waals surface area contributed by atoms with Gasteiger partial charge in [0, 0.05) is 12.6 Å². The second kappa shape index (κ2) is 6.64. The molecular formula is C18H17N5O2S. The fourth-order valence-corrected chi connectivity index (χ4v) is 3.62. The Kier molecular flexibility index (Phi) is 4.18. The predicted molar refractivity (Wildman–Crippen MR) is 103 cm³/mol. The highest BCUT2D eigenvalue weighted by molar-refractivity contribution is 7.14. The van der Waals surface area contributed by atoms with Crippen LogP contribution in [0.1, 0.15) is 6.92 Å². The van der Waals surface area contributed by atoms with Crippen LogP contribution < -0.4 is 15.3 Å². The highest BCUT2D eigenvalue weighted by Gasteiger charge is 2.16. The van der Waals surface area contributed by atoms with Crippen LogP contribution in [-0.4, -0.2) is 33.2 Å². The van der Waals surface area contributed by atoms with Gasteiger partial charge in [0.15, 0.2) is 5.65 Å². The summed E-state index contributed by atoms with van der Waals surface area (Å²) in [5.41, 5.74) is 1.54. The van der Waals surface area contributed by atoms with Gasteiger partial charge in [-0.15, -0.1) is 11.3 Å². The number of nitrogens with zero attached hydrogens (tertiary/aromatic N) is 4. The Hall–Kier alpha value is -3.13. The zero-order valence-electron chi connectivity index (χ0n) is 14.3. The quantitative estimate of drug-likeness (QED) is 0.585. The van der Waals surface area contributed by atoms with Crippen LogP contribution in [-0.2, 0) is 0 Å². The maximum absolute atomic E-state index is 12.5. The lowest BCUT2D eigenvalue weighted by Gasteiger charge is -2.18. The first-order valence-corrected chi connectivity index (χ1v) is 9.02. The molecule has 7 nitrogen and oxygen atoms in total. The number of nitrogens with one attached hydrogen (secondary N) is 1. The molecular weight excluding hydrogens is 350 g/mol. The molecule has 26 heavy (non-hydrogen) atoms. The monoisotopic (exact) mass is 367 g/mol. The van der Waals surface area contributed by atoms with Gasteiger partial charge >= 0.3 is 5.69 Å². The Labute approximate surface area is 153 Å². The summed E-state index contributed by atoms with van der Waals surface area (Å²) in [5, 5.41) is 3.07. The number of rotatable bonds is 5. The molecule has 4 rings (SSSR count). The first kappa shape index (κ1) is 16.3. The van der Waals surface area contributed by atoms with Crippen molar-refractivity contribution in [3.63, 3.8) is 0 Å². The van der Waals surface area contributed by atoms with Crippen molar-refractivity contribution in [3.05, 3.63) is 58.5 Å². The first-order chi connectivity index (χ1) is 12.7. The van der Waals surface area contributed by atoms with Gasteiger partial charge in [0.1, 0.15) is 11.3 Å². The number of aromatic amines is 1. The highest BCUT2D eigenvalue weighted by Crippen LogP contribution is 2.27. The van der Waals surface area contributed by atoms with Crippen LogP contribution >= 0.6 is 11.3 Å². The number of fused-ring (bicyclic) bond motifs is 1. The van der Waals surface area contributed by atoms with Gasteiger partial charge in [0.25, 0.3) is 0 Å². The molecule has 4 aromatic rings. The third kappa shape index (κ3) is 2.74. The minimum atomic E-state index is -0.265. The molecule has 0 atom stereocenters. The van der Waals surface area contributed by atoms with Crippen LogP contribution in [0, 0.1) is 0 Å². The van der Waals surface area contributed by atoms with E-state index in [2.05, 4.69) is 15.0 Å². The molecule has 0 amide bonds. The van der Waals surface area contributed by atoms with E-state index in [1.165, 1.54) is 4.57 Å². The molecule has 0 aliphatic carbocycles. The van der Waals surface area contributed by atoms with Crippen LogP contribution in [0.25, 0.3) is 16.9 Å². The summed E-state index contributed by atoms with van der Waals surface area (Å²) in [5.74, 6) is 1.23. The lowest BCUT2D eigenvalue weighted by Crippen LogP contribution is -2.18. The average Bonchev–Trinajstić information content (AvgIpc) is 3.29. The maximum atomic E-state index is 12.5. The van der Waals surface area contributed by atoms with Crippen molar-refractivity contribution in [2.75, 3.05) is 18.6 Å². The van der Waals surface area contributed by atoms with Crippen LogP contribution in [0.15, 0.2) is 52.8 Å². The van der Waals surface area contributed by atoms with E-state index in [4.69, 9.17) is 4.74 Å². The molecule has 0 unspecified atom stereocenters. The summed E-state index contributed by atoms with van der Waals surface area (Å²) in [7, 11) is 1.59. The molecule has 0 aliphatic rings. The van der Waals surface area contributed by atoms with Crippen molar-refractivity contribution < 1.29 is 4.74 Å². The van der Waals surface area contributed by atoms with Gasteiger partial charge in [0.05, 0.1) is 24.0 Å². The van der Waals surface area contributed by atoms with Gasteiger partial charge in [0.2, 0.25) is 5.95 Å². The topological polar surface area (TPSA) is 76.0 Å². The van der Waals surface area contributed by atoms with Gasteiger partial charge in [-0.3, -0.25) is 0 Å². The van der Waals surface area contributed by atoms with Crippen LogP contribution in [0.3, 0.4) is 0 Å². The number of ether oxygens (including phenoxy) is 1. The lowest BCUT2D eigenvalue weighted by atomic mass is 10.3. The standard InChI is InChI=1S/C18H17N5O2S/c1-3-22(15-8-5-9-26-15)17-19-11-14-16(21-17)23(18(24)20-14)12-6-4-7-13(10-12)25-2/h4-11H,3H2,1-2H3,(H,20,24). The number of imidazole rings is 1. The number of thiophene rings is 1. The SMILES string of the molecule is CCN(c1ncc2[nH]c(=O)n(-c3cccc(OC)c3)c2n1)c1cccs1. The van der Waals surface area contributed by atoms with Gasteiger partial charge in [-0.1, -0.05) is 6.07 Å². The zero-order chi connectivity index (χ0) is 18.1. The second-order valence-electron chi connectivity index (χ2n) is 5.57. The average molecular weight is 367 g/mol. The molecule has 132 valence electrons. The molecule has 1 aromatic carbocycles. The van der Waals surface area contributed by atoms with Crippen LogP contribution in [0.2, 0.25) is 0 Å². The Bertz CT molecular complexity index is 1100. The minimum Gasteiger partial charge on any atom is -0.497 e. The largest absolute Gasteiger partial charge is 0.497 e. The van der Waals surface area contributed by atoms with E-state index >= 15 is 0 Å². The summed E-state index contributed by atoms with van der Waals surface area (Å²) in [6, 6.07) is 11.3. The van der Waals surface area contributed by atoms with E-state index in [0.29, 0.717) is 28.5 Å². The number of benzene rings is 1. The third-order valence-electron chi connectivity index (χ3n) is 4.05. The molecule has 0 aliphatic heterocycles. The van der Waals surface area contributed by atoms with E-state index in [-0.39, 0.29) is 5.69 Å². The van der Waals surface area contributed by atoms with Crippen LogP contribution in [0.5, 0.6) is 5.75 Å². The van der Waals surface area contributed by atoms with E-state index in [1.807, 2.05) is 47.5 Å². The third-order valence-corrected chi connectivity index (χ3v) is 4.94. The zero-order valence-corrected chi connectivity index (χ0v) is 15.2. The fourth-order valence-electron chi connectivity index (χ4n) is 2.83. The summed E-state index contributed by atoms with van der Waals surface area (Å²) in [6.07, 6.45) is 1.64. The predicted octanol–water partition coefficient (Wildman–Crippen LogP) is 3.34. The molecule has 3 aromatic heterocycles. The number of H-pyrrole nitrogens is 1. The molecule has 8 heteroatoms. The Morgan fingerprint density at radius 2 is 2.19 bits per heavy atom. The Morgan fingerprint density at radius 1 is 1.31 bits per heavy atom. The number of hydrogen-bond acceptors (Lipinski definition) is 6. The van der Waals surface area contributed by atoms with Gasteiger partial charge in [-0.05, 0) is 36.6 Å². The van der Waals surface area contributed by atoms with Gasteiger partial charge < -0.3 is 14.6 Å². The highest BCUT2D eigenvalue weighted by atomic mass is 32.1. The number of hydrogen-bond donors (Lipinski definition) is 1. The van der Waals surface area contributed by atoms with Crippen molar-refractivity contribution in [1.29, 1.82) is 0 Å². The normalized spacial score (nSPS) is 11.0. The van der Waals surface area contributed by atoms with Crippen molar-refractivity contribution in [2.24, 2.45) is 0 Å². The fraction of sp³-hybridized carbons (Fsp3) is 0.167. The van der Waals surface area contributed by atoms with Gasteiger partial charge in [-0.25, -0.2) is 14.3 Å². The second-order valence-corrected chi connectivity index (χ2v) is 6.50. The smallest absolute Gasteiger partial charge is 0.332 e. The van der Waals surface area contributed by atoms with Crippen molar-refractivity contribution >= 4 is 33.5 Å². The molecule has 1 N–H and O–H groups in total. The molecule has 0 saturated heterocycles. The van der Waals surface area contributed by atoms with E-state index < -0.39 is 0 Å². The number of anilines is 2. The molecule has 0 fully saturated rings. The van der Waals surface area contributed by atoms with Crippen LogP contribution in [0.4, 0.5) is 10.9 Å². The Morgan fingerprint density at radius 3 is 2.92 bits per heavy atom. The van der Waals surface area contributed by atoms with E-state index in [0.717, 1.165) is 11.5 Å².